The smallest absolute Gasteiger partial charge is 0.153 e. The van der Waals surface area contributed by atoms with Crippen molar-refractivity contribution in [3.05, 3.63) is 59.9 Å². The van der Waals surface area contributed by atoms with Crippen LogP contribution in [0.1, 0.15) is 29.1 Å². The molecule has 0 aliphatic rings. The summed E-state index contributed by atoms with van der Waals surface area (Å²) in [4.78, 5) is 15.1. The topological polar surface area (TPSA) is 39.2 Å². The van der Waals surface area contributed by atoms with Gasteiger partial charge < -0.3 is 4.74 Å². The zero-order chi connectivity index (χ0) is 12.1. The summed E-state index contributed by atoms with van der Waals surface area (Å²) < 4.78 is 5.73. The lowest BCUT2D eigenvalue weighted by molar-refractivity contribution is 0.111. The van der Waals surface area contributed by atoms with Crippen LogP contribution in [0.2, 0.25) is 0 Å². The van der Waals surface area contributed by atoms with Crippen molar-refractivity contribution in [3.8, 4) is 5.75 Å². The number of aromatic nitrogens is 1. The molecule has 2 aromatic rings. The van der Waals surface area contributed by atoms with Crippen molar-refractivity contribution in [1.82, 2.24) is 4.98 Å². The van der Waals surface area contributed by atoms with Gasteiger partial charge in [0.15, 0.2) is 6.29 Å². The normalized spacial score (nSPS) is 11.8. The highest BCUT2D eigenvalue weighted by molar-refractivity contribution is 5.79. The molecule has 0 spiro atoms. The van der Waals surface area contributed by atoms with E-state index in [-0.39, 0.29) is 6.10 Å². The van der Waals surface area contributed by atoms with E-state index >= 15 is 0 Å². The predicted molar refractivity (Wildman–Crippen MR) is 65.1 cm³/mol. The van der Waals surface area contributed by atoms with Crippen LogP contribution in [0.15, 0.2) is 48.7 Å². The van der Waals surface area contributed by atoms with E-state index in [1.807, 2.05) is 37.3 Å². The summed E-state index contributed by atoms with van der Waals surface area (Å²) in [6, 6.07) is 12.8. The average Bonchev–Trinajstić information content (AvgIpc) is 2.40. The van der Waals surface area contributed by atoms with E-state index in [2.05, 4.69) is 4.98 Å². The van der Waals surface area contributed by atoms with Crippen molar-refractivity contribution in [2.75, 3.05) is 0 Å². The van der Waals surface area contributed by atoms with Gasteiger partial charge in [-0.3, -0.25) is 9.78 Å². The third-order valence-corrected chi connectivity index (χ3v) is 2.45. The van der Waals surface area contributed by atoms with Gasteiger partial charge >= 0.3 is 0 Å². The molecule has 0 aliphatic carbocycles. The van der Waals surface area contributed by atoms with Crippen LogP contribution in [0, 0.1) is 0 Å². The van der Waals surface area contributed by atoms with Crippen LogP contribution in [-0.2, 0) is 0 Å². The molecule has 0 bridgehead atoms. The number of carbonyl (C=O) groups excluding carboxylic acids is 1. The summed E-state index contributed by atoms with van der Waals surface area (Å²) in [6.45, 7) is 1.91. The second-order valence-corrected chi connectivity index (χ2v) is 3.67. The number of rotatable bonds is 4. The predicted octanol–water partition coefficient (Wildman–Crippen LogP) is 3.03. The van der Waals surface area contributed by atoms with Gasteiger partial charge in [-0.2, -0.15) is 0 Å². The maximum atomic E-state index is 10.8. The van der Waals surface area contributed by atoms with Crippen LogP contribution in [0.5, 0.6) is 5.75 Å². The van der Waals surface area contributed by atoms with Gasteiger partial charge in [-0.05, 0) is 31.2 Å². The van der Waals surface area contributed by atoms with E-state index in [9.17, 15) is 4.79 Å². The molecule has 1 atom stereocenters. The highest BCUT2D eigenvalue weighted by atomic mass is 16.5. The summed E-state index contributed by atoms with van der Waals surface area (Å²) in [5, 5.41) is 0. The molecule has 2 rings (SSSR count). The Morgan fingerprint density at radius 2 is 1.94 bits per heavy atom. The lowest BCUT2D eigenvalue weighted by Crippen LogP contribution is -2.06. The molecule has 0 saturated carbocycles. The second kappa shape index (κ2) is 5.25. The minimum absolute atomic E-state index is 0.183. The molecule has 0 saturated heterocycles. The van der Waals surface area contributed by atoms with Gasteiger partial charge in [0.05, 0.1) is 11.3 Å². The van der Waals surface area contributed by atoms with E-state index < -0.39 is 0 Å². The lowest BCUT2D eigenvalue weighted by Gasteiger charge is -2.15. The second-order valence-electron chi connectivity index (χ2n) is 3.67. The Kier molecular flexibility index (Phi) is 3.50. The molecule has 0 N–H and O–H groups in total. The minimum atomic E-state index is -0.183. The van der Waals surface area contributed by atoms with Crippen molar-refractivity contribution in [2.45, 2.75) is 13.0 Å². The Labute approximate surface area is 100 Å². The van der Waals surface area contributed by atoms with E-state index in [1.54, 1.807) is 18.3 Å². The molecule has 0 aliphatic heterocycles. The first-order valence-corrected chi connectivity index (χ1v) is 5.43. The van der Waals surface area contributed by atoms with Crippen molar-refractivity contribution >= 4 is 6.29 Å². The molecule has 1 aromatic heterocycles. The molecule has 0 amide bonds. The average molecular weight is 227 g/mol. The Balaban J connectivity index is 2.18. The zero-order valence-electron chi connectivity index (χ0n) is 9.54. The van der Waals surface area contributed by atoms with Crippen LogP contribution < -0.4 is 4.74 Å². The molecular weight excluding hydrogens is 214 g/mol. The number of ether oxygens (including phenoxy) is 1. The summed E-state index contributed by atoms with van der Waals surface area (Å²) in [5.41, 5.74) is 1.39. The standard InChI is InChI=1S/C14H13NO2/c1-11(13-7-4-5-9-15-13)17-14-8-3-2-6-12(14)10-16/h2-11H,1H3. The van der Waals surface area contributed by atoms with E-state index in [0.29, 0.717) is 11.3 Å². The van der Waals surface area contributed by atoms with Gasteiger partial charge in [0.25, 0.3) is 0 Å². The van der Waals surface area contributed by atoms with Crippen molar-refractivity contribution in [1.29, 1.82) is 0 Å². The monoisotopic (exact) mass is 227 g/mol. The minimum Gasteiger partial charge on any atom is -0.484 e. The molecule has 3 heteroatoms. The Morgan fingerprint density at radius 3 is 2.65 bits per heavy atom. The van der Waals surface area contributed by atoms with E-state index in [4.69, 9.17) is 4.74 Å². The molecule has 1 aromatic carbocycles. The summed E-state index contributed by atoms with van der Waals surface area (Å²) in [6.07, 6.45) is 2.33. The fourth-order valence-electron chi connectivity index (χ4n) is 1.55. The summed E-state index contributed by atoms with van der Waals surface area (Å²) in [5.74, 6) is 0.584. The Bertz CT molecular complexity index is 497. The maximum Gasteiger partial charge on any atom is 0.153 e. The van der Waals surface area contributed by atoms with Gasteiger partial charge in [0.2, 0.25) is 0 Å². The van der Waals surface area contributed by atoms with Crippen LogP contribution in [0.4, 0.5) is 0 Å². The van der Waals surface area contributed by atoms with Crippen molar-refractivity contribution in [3.63, 3.8) is 0 Å². The van der Waals surface area contributed by atoms with Gasteiger partial charge in [-0.1, -0.05) is 18.2 Å². The quantitative estimate of drug-likeness (QED) is 0.753. The van der Waals surface area contributed by atoms with Crippen LogP contribution in [-0.4, -0.2) is 11.3 Å². The molecule has 3 nitrogen and oxygen atoms in total. The molecule has 0 fully saturated rings. The number of aldehydes is 1. The highest BCUT2D eigenvalue weighted by Crippen LogP contribution is 2.22. The molecule has 1 heterocycles. The lowest BCUT2D eigenvalue weighted by atomic mass is 10.2. The van der Waals surface area contributed by atoms with Crippen molar-refractivity contribution < 1.29 is 9.53 Å². The first kappa shape index (κ1) is 11.3. The first-order chi connectivity index (χ1) is 8.31. The number of pyridine rings is 1. The Morgan fingerprint density at radius 1 is 1.18 bits per heavy atom. The van der Waals surface area contributed by atoms with Crippen LogP contribution >= 0.6 is 0 Å². The fourth-order valence-corrected chi connectivity index (χ4v) is 1.55. The van der Waals surface area contributed by atoms with Crippen molar-refractivity contribution in [2.24, 2.45) is 0 Å². The third kappa shape index (κ3) is 2.69. The summed E-state index contributed by atoms with van der Waals surface area (Å²) >= 11 is 0. The third-order valence-electron chi connectivity index (χ3n) is 2.45. The van der Waals surface area contributed by atoms with E-state index in [1.165, 1.54) is 0 Å². The van der Waals surface area contributed by atoms with E-state index in [0.717, 1.165) is 12.0 Å². The Hall–Kier alpha value is -2.16. The number of nitrogens with zero attached hydrogens (tertiary/aromatic N) is 1. The van der Waals surface area contributed by atoms with Crippen LogP contribution in [0.25, 0.3) is 0 Å². The number of hydrogen-bond donors (Lipinski definition) is 0. The number of carbonyl (C=O) groups is 1. The van der Waals surface area contributed by atoms with Gasteiger partial charge in [-0.25, -0.2) is 0 Å². The number of benzene rings is 1. The molecule has 86 valence electrons. The van der Waals surface area contributed by atoms with Gasteiger partial charge in [0, 0.05) is 6.20 Å². The fraction of sp³-hybridized carbons (Fsp3) is 0.143. The molecular formula is C14H13NO2. The molecule has 17 heavy (non-hydrogen) atoms. The highest BCUT2D eigenvalue weighted by Gasteiger charge is 2.10. The van der Waals surface area contributed by atoms with Gasteiger partial charge in [0.1, 0.15) is 11.9 Å². The van der Waals surface area contributed by atoms with Crippen LogP contribution in [0.3, 0.4) is 0 Å². The molecule has 1 unspecified atom stereocenters. The SMILES string of the molecule is CC(Oc1ccccc1C=O)c1ccccn1. The number of hydrogen-bond acceptors (Lipinski definition) is 3. The largest absolute Gasteiger partial charge is 0.484 e. The first-order valence-electron chi connectivity index (χ1n) is 5.43. The van der Waals surface area contributed by atoms with Gasteiger partial charge in [-0.15, -0.1) is 0 Å². The number of para-hydroxylation sites is 1. The summed E-state index contributed by atoms with van der Waals surface area (Å²) in [7, 11) is 0. The maximum absolute atomic E-state index is 10.8. The zero-order valence-corrected chi connectivity index (χ0v) is 9.54. The molecule has 0 radical (unpaired) electrons.